The van der Waals surface area contributed by atoms with E-state index in [-0.39, 0.29) is 11.6 Å². The topological polar surface area (TPSA) is 40.6 Å². The molecule has 2 rings (SSSR count). The van der Waals surface area contributed by atoms with Gasteiger partial charge in [-0.15, -0.1) is 0 Å². The Labute approximate surface area is 207 Å². The molecule has 0 aliphatic carbocycles. The molecule has 0 heterocycles. The minimum atomic E-state index is 0.266. The van der Waals surface area contributed by atoms with Crippen LogP contribution < -0.4 is 0 Å². The van der Waals surface area contributed by atoms with Gasteiger partial charge >= 0.3 is 0 Å². The van der Waals surface area contributed by atoms with Gasteiger partial charge < -0.3 is 0 Å². The lowest BCUT2D eigenvalue weighted by Gasteiger charge is -2.22. The summed E-state index contributed by atoms with van der Waals surface area (Å²) in [5, 5.41) is 0. The van der Waals surface area contributed by atoms with Crippen molar-refractivity contribution in [3.63, 3.8) is 0 Å². The van der Waals surface area contributed by atoms with Crippen LogP contribution in [0.3, 0.4) is 0 Å². The van der Waals surface area contributed by atoms with Gasteiger partial charge in [-0.3, -0.25) is 19.4 Å². The van der Waals surface area contributed by atoms with Gasteiger partial charge in [-0.1, -0.05) is 86.3 Å². The van der Waals surface area contributed by atoms with Crippen molar-refractivity contribution in [2.45, 2.75) is 78.3 Å². The van der Waals surface area contributed by atoms with Crippen molar-refractivity contribution in [2.24, 2.45) is 0 Å². The maximum absolute atomic E-state index is 11.5. The molecule has 0 amide bonds. The van der Waals surface area contributed by atoms with Crippen molar-refractivity contribution in [1.82, 2.24) is 9.80 Å². The van der Waals surface area contributed by atoms with E-state index in [0.29, 0.717) is 12.8 Å². The zero-order chi connectivity index (χ0) is 24.4. The number of Topliss-reactive ketones (excluding diaryl/α,β-unsaturated/α-hetero) is 2. The molecule has 4 nitrogen and oxygen atoms in total. The minimum Gasteiger partial charge on any atom is -0.300 e. The summed E-state index contributed by atoms with van der Waals surface area (Å²) >= 11 is 0. The molecule has 0 spiro atoms. The first-order chi connectivity index (χ1) is 16.5. The highest BCUT2D eigenvalue weighted by Gasteiger charge is 2.09. The molecule has 0 aromatic heterocycles. The second kappa shape index (κ2) is 17.2. The molecule has 0 fully saturated rings. The largest absolute Gasteiger partial charge is 0.300 e. The van der Waals surface area contributed by atoms with E-state index in [1.807, 2.05) is 12.1 Å². The Balaban J connectivity index is 1.63. The second-order valence-electron chi connectivity index (χ2n) is 9.55. The average molecular weight is 465 g/mol. The van der Waals surface area contributed by atoms with Crippen LogP contribution in [0.2, 0.25) is 0 Å². The molecule has 0 aliphatic rings. The Morgan fingerprint density at radius 2 is 0.882 bits per heavy atom. The number of ketones is 2. The molecule has 0 saturated carbocycles. The molecule has 2 aromatic rings. The second-order valence-corrected chi connectivity index (χ2v) is 9.55. The van der Waals surface area contributed by atoms with E-state index >= 15 is 0 Å². The Morgan fingerprint density at radius 3 is 1.24 bits per heavy atom. The van der Waals surface area contributed by atoms with Gasteiger partial charge in [0.15, 0.2) is 0 Å². The lowest BCUT2D eigenvalue weighted by molar-refractivity contribution is -0.118. The third-order valence-corrected chi connectivity index (χ3v) is 6.26. The van der Waals surface area contributed by atoms with Crippen LogP contribution in [0.25, 0.3) is 0 Å². The van der Waals surface area contributed by atoms with E-state index in [1.165, 1.54) is 49.7 Å². The summed E-state index contributed by atoms with van der Waals surface area (Å²) < 4.78 is 0. The van der Waals surface area contributed by atoms with Gasteiger partial charge in [0.25, 0.3) is 0 Å². The van der Waals surface area contributed by atoms with Gasteiger partial charge in [0.05, 0.1) is 0 Å². The lowest BCUT2D eigenvalue weighted by Crippen LogP contribution is -2.27. The first-order valence-corrected chi connectivity index (χ1v) is 13.0. The van der Waals surface area contributed by atoms with Gasteiger partial charge in [-0.05, 0) is 50.9 Å². The molecule has 2 aromatic carbocycles. The predicted octanol–water partition coefficient (Wildman–Crippen LogP) is 6.29. The Bertz CT molecular complexity index is 738. The molecule has 0 N–H and O–H groups in total. The number of unbranched alkanes of at least 4 members (excludes halogenated alkanes) is 5. The molecule has 186 valence electrons. The van der Waals surface area contributed by atoms with Crippen molar-refractivity contribution in [3.05, 3.63) is 71.8 Å². The van der Waals surface area contributed by atoms with E-state index in [9.17, 15) is 9.59 Å². The summed E-state index contributed by atoms with van der Waals surface area (Å²) in [6, 6.07) is 21.1. The quantitative estimate of drug-likeness (QED) is 0.229. The van der Waals surface area contributed by atoms with Crippen molar-refractivity contribution in [2.75, 3.05) is 26.2 Å². The third kappa shape index (κ3) is 13.4. The van der Waals surface area contributed by atoms with Crippen LogP contribution in [0.4, 0.5) is 0 Å². The smallest absolute Gasteiger partial charge is 0.131 e. The summed E-state index contributed by atoms with van der Waals surface area (Å²) in [7, 11) is 0. The summed E-state index contributed by atoms with van der Waals surface area (Å²) in [5.74, 6) is 0.533. The predicted molar refractivity (Wildman–Crippen MR) is 142 cm³/mol. The fourth-order valence-electron chi connectivity index (χ4n) is 4.23. The van der Waals surface area contributed by atoms with E-state index in [1.54, 1.807) is 13.8 Å². The maximum atomic E-state index is 11.5. The third-order valence-electron chi connectivity index (χ3n) is 6.26. The van der Waals surface area contributed by atoms with Crippen LogP contribution in [-0.2, 0) is 22.7 Å². The number of hydrogen-bond donors (Lipinski definition) is 0. The molecule has 0 unspecified atom stereocenters. The van der Waals surface area contributed by atoms with Crippen LogP contribution in [0.1, 0.15) is 76.3 Å². The summed E-state index contributed by atoms with van der Waals surface area (Å²) in [6.45, 7) is 9.01. The van der Waals surface area contributed by atoms with E-state index < -0.39 is 0 Å². The zero-order valence-corrected chi connectivity index (χ0v) is 21.4. The van der Waals surface area contributed by atoms with Crippen LogP contribution in [0, 0.1) is 0 Å². The first-order valence-electron chi connectivity index (χ1n) is 13.0. The molecule has 0 radical (unpaired) electrons. The Morgan fingerprint density at radius 1 is 0.529 bits per heavy atom. The average Bonchev–Trinajstić information content (AvgIpc) is 2.83. The van der Waals surface area contributed by atoms with Crippen molar-refractivity contribution < 1.29 is 9.59 Å². The number of hydrogen-bond acceptors (Lipinski definition) is 4. The number of carbonyl (C=O) groups is 2. The van der Waals surface area contributed by atoms with Gasteiger partial charge in [0, 0.05) is 39.0 Å². The maximum Gasteiger partial charge on any atom is 0.131 e. The van der Waals surface area contributed by atoms with Gasteiger partial charge in [-0.25, -0.2) is 0 Å². The molecule has 0 saturated heterocycles. The monoisotopic (exact) mass is 464 g/mol. The summed E-state index contributed by atoms with van der Waals surface area (Å²) in [4.78, 5) is 27.8. The standard InChI is InChI=1S/C30H44N2O2/c1-27(33)19-23-31(25-29-15-9-7-10-16-29)21-13-5-3-4-6-14-22-32(24-20-28(2)34)26-30-17-11-8-12-18-30/h7-12,15-18H,3-6,13-14,19-26H2,1-2H3. The Kier molecular flexibility index (Phi) is 14.1. The summed E-state index contributed by atoms with van der Waals surface area (Å²) in [6.07, 6.45) is 8.64. The fourth-order valence-corrected chi connectivity index (χ4v) is 4.23. The highest BCUT2D eigenvalue weighted by atomic mass is 16.1. The van der Waals surface area contributed by atoms with Gasteiger partial charge in [-0.2, -0.15) is 0 Å². The van der Waals surface area contributed by atoms with Crippen LogP contribution in [0.5, 0.6) is 0 Å². The lowest BCUT2D eigenvalue weighted by atomic mass is 10.1. The van der Waals surface area contributed by atoms with Crippen LogP contribution in [-0.4, -0.2) is 47.5 Å². The van der Waals surface area contributed by atoms with E-state index in [0.717, 1.165) is 39.3 Å². The van der Waals surface area contributed by atoms with E-state index in [4.69, 9.17) is 0 Å². The summed E-state index contributed by atoms with van der Waals surface area (Å²) in [5.41, 5.74) is 2.63. The molecule has 34 heavy (non-hydrogen) atoms. The van der Waals surface area contributed by atoms with Crippen LogP contribution in [0.15, 0.2) is 60.7 Å². The number of nitrogens with zero attached hydrogens (tertiary/aromatic N) is 2. The zero-order valence-electron chi connectivity index (χ0n) is 21.4. The highest BCUT2D eigenvalue weighted by molar-refractivity contribution is 5.75. The van der Waals surface area contributed by atoms with E-state index in [2.05, 4.69) is 58.3 Å². The van der Waals surface area contributed by atoms with Crippen molar-refractivity contribution in [1.29, 1.82) is 0 Å². The SMILES string of the molecule is CC(=O)CCN(CCCCCCCCN(CCC(C)=O)Cc1ccccc1)Cc1ccccc1. The first kappa shape index (κ1) is 27.9. The number of benzene rings is 2. The fraction of sp³-hybridized carbons (Fsp3) is 0.533. The van der Waals surface area contributed by atoms with Crippen molar-refractivity contribution >= 4 is 11.6 Å². The molecule has 0 aliphatic heterocycles. The van der Waals surface area contributed by atoms with Crippen molar-refractivity contribution in [3.8, 4) is 0 Å². The van der Waals surface area contributed by atoms with Gasteiger partial charge in [0.1, 0.15) is 11.6 Å². The number of rotatable bonds is 19. The molecule has 0 bridgehead atoms. The molecular formula is C30H44N2O2. The van der Waals surface area contributed by atoms with Crippen LogP contribution >= 0.6 is 0 Å². The normalized spacial score (nSPS) is 11.3. The molecular weight excluding hydrogens is 420 g/mol. The highest BCUT2D eigenvalue weighted by Crippen LogP contribution is 2.12. The minimum absolute atomic E-state index is 0.266. The Hall–Kier alpha value is -2.30. The molecule has 0 atom stereocenters. The molecule has 4 heteroatoms. The number of carbonyl (C=O) groups excluding carboxylic acids is 2. The van der Waals surface area contributed by atoms with Gasteiger partial charge in [0.2, 0.25) is 0 Å².